The molecule has 0 bridgehead atoms. The molecule has 4 aromatic heterocycles. The Kier molecular flexibility index (Phi) is 3.72. The fraction of sp³-hybridized carbons (Fsp3) is 0.211. The number of aromatic nitrogens is 4. The topological polar surface area (TPSA) is 68.8 Å². The van der Waals surface area contributed by atoms with Crippen molar-refractivity contribution < 1.29 is 4.52 Å². The first-order chi connectivity index (χ1) is 12.1. The van der Waals surface area contributed by atoms with Gasteiger partial charge in [-0.1, -0.05) is 5.16 Å². The van der Waals surface area contributed by atoms with Crippen LogP contribution in [0.4, 0.5) is 11.5 Å². The Balaban J connectivity index is 1.71. The molecule has 1 N–H and O–H groups in total. The molecule has 0 amide bonds. The van der Waals surface area contributed by atoms with E-state index in [-0.39, 0.29) is 0 Å². The zero-order valence-electron chi connectivity index (χ0n) is 14.4. The molecule has 126 valence electrons. The highest BCUT2D eigenvalue weighted by atomic mass is 16.5. The minimum atomic E-state index is 0.662. The number of pyridine rings is 2. The molecule has 6 heteroatoms. The minimum Gasteiger partial charge on any atom is -0.361 e. The van der Waals surface area contributed by atoms with E-state index in [1.807, 2.05) is 50.6 Å². The molecular weight excluding hydrogens is 314 g/mol. The smallest absolute Gasteiger partial charge is 0.139 e. The first kappa shape index (κ1) is 15.4. The van der Waals surface area contributed by atoms with E-state index < -0.39 is 0 Å². The van der Waals surface area contributed by atoms with Crippen molar-refractivity contribution in [3.8, 4) is 0 Å². The summed E-state index contributed by atoms with van der Waals surface area (Å²) in [5, 5.41) is 8.58. The first-order valence-corrected chi connectivity index (χ1v) is 8.17. The molecule has 0 aliphatic heterocycles. The maximum Gasteiger partial charge on any atom is 0.139 e. The molecule has 4 rings (SSSR count). The number of nitrogens with one attached hydrogen (secondary N) is 1. The summed E-state index contributed by atoms with van der Waals surface area (Å²) in [5.74, 6) is 1.64. The number of rotatable bonds is 4. The van der Waals surface area contributed by atoms with Crippen LogP contribution >= 0.6 is 0 Å². The fourth-order valence-corrected chi connectivity index (χ4v) is 3.03. The number of hydrogen-bond acceptors (Lipinski definition) is 5. The summed E-state index contributed by atoms with van der Waals surface area (Å²) in [6, 6.07) is 8.02. The third-order valence-corrected chi connectivity index (χ3v) is 4.30. The van der Waals surface area contributed by atoms with Crippen molar-refractivity contribution in [1.29, 1.82) is 0 Å². The van der Waals surface area contributed by atoms with Gasteiger partial charge in [-0.05, 0) is 44.5 Å². The van der Waals surface area contributed by atoms with Gasteiger partial charge < -0.3 is 14.4 Å². The van der Waals surface area contributed by atoms with Gasteiger partial charge in [-0.15, -0.1) is 0 Å². The van der Waals surface area contributed by atoms with E-state index in [4.69, 9.17) is 4.52 Å². The van der Waals surface area contributed by atoms with Gasteiger partial charge in [0.05, 0.1) is 23.4 Å². The fourth-order valence-electron chi connectivity index (χ4n) is 3.03. The van der Waals surface area contributed by atoms with Crippen LogP contribution in [0, 0.1) is 20.8 Å². The van der Waals surface area contributed by atoms with E-state index in [0.717, 1.165) is 45.1 Å². The lowest BCUT2D eigenvalue weighted by Gasteiger charge is -2.12. The van der Waals surface area contributed by atoms with Gasteiger partial charge in [0, 0.05) is 30.0 Å². The molecule has 0 saturated carbocycles. The Morgan fingerprint density at radius 1 is 1.08 bits per heavy atom. The monoisotopic (exact) mass is 333 g/mol. The van der Waals surface area contributed by atoms with Crippen LogP contribution < -0.4 is 5.32 Å². The molecule has 0 radical (unpaired) electrons. The number of hydrogen-bond donors (Lipinski definition) is 1. The summed E-state index contributed by atoms with van der Waals surface area (Å²) in [5.41, 5.74) is 5.10. The van der Waals surface area contributed by atoms with E-state index in [1.54, 1.807) is 0 Å². The second-order valence-electron chi connectivity index (χ2n) is 6.18. The van der Waals surface area contributed by atoms with Gasteiger partial charge >= 0.3 is 0 Å². The van der Waals surface area contributed by atoms with Crippen molar-refractivity contribution in [2.75, 3.05) is 5.32 Å². The molecule has 0 aromatic carbocycles. The zero-order chi connectivity index (χ0) is 17.4. The molecule has 0 atom stereocenters. The molecule has 0 fully saturated rings. The summed E-state index contributed by atoms with van der Waals surface area (Å²) >= 11 is 0. The van der Waals surface area contributed by atoms with Crippen LogP contribution in [0.2, 0.25) is 0 Å². The standard InChI is InChI=1S/C19H19N5O/c1-12-4-7-20-14(3)18(12)22-19-16-6-9-24(17(16)5-8-21-19)11-15-10-13(2)25-23-15/h4-10H,11H2,1-3H3,(H,21,22). The number of fused-ring (bicyclic) bond motifs is 1. The predicted octanol–water partition coefficient (Wildman–Crippen LogP) is 4.14. The van der Waals surface area contributed by atoms with Gasteiger partial charge in [0.2, 0.25) is 0 Å². The van der Waals surface area contributed by atoms with E-state index in [2.05, 4.69) is 38.0 Å². The second kappa shape index (κ2) is 6.05. The summed E-state index contributed by atoms with van der Waals surface area (Å²) in [6.07, 6.45) is 5.68. The number of nitrogens with zero attached hydrogens (tertiary/aromatic N) is 4. The van der Waals surface area contributed by atoms with Crippen LogP contribution in [0.3, 0.4) is 0 Å². The molecule has 6 nitrogen and oxygen atoms in total. The molecule has 0 aliphatic rings. The number of aryl methyl sites for hydroxylation is 3. The summed E-state index contributed by atoms with van der Waals surface area (Å²) in [6.45, 7) is 6.62. The van der Waals surface area contributed by atoms with Gasteiger partial charge in [0.1, 0.15) is 17.3 Å². The first-order valence-electron chi connectivity index (χ1n) is 8.17. The minimum absolute atomic E-state index is 0.662. The quantitative estimate of drug-likeness (QED) is 0.608. The van der Waals surface area contributed by atoms with Crippen LogP contribution in [0.25, 0.3) is 10.9 Å². The largest absolute Gasteiger partial charge is 0.361 e. The average Bonchev–Trinajstić information content (AvgIpc) is 3.19. The van der Waals surface area contributed by atoms with E-state index in [9.17, 15) is 0 Å². The second-order valence-corrected chi connectivity index (χ2v) is 6.18. The van der Waals surface area contributed by atoms with Gasteiger partial charge in [-0.3, -0.25) is 4.98 Å². The van der Waals surface area contributed by atoms with Crippen molar-refractivity contribution in [2.24, 2.45) is 0 Å². The zero-order valence-corrected chi connectivity index (χ0v) is 14.4. The lowest BCUT2D eigenvalue weighted by atomic mass is 10.2. The molecule has 0 saturated heterocycles. The van der Waals surface area contributed by atoms with Crippen molar-refractivity contribution in [3.63, 3.8) is 0 Å². The lowest BCUT2D eigenvalue weighted by molar-refractivity contribution is 0.389. The predicted molar refractivity (Wildman–Crippen MR) is 97.1 cm³/mol. The van der Waals surface area contributed by atoms with Gasteiger partial charge in [-0.2, -0.15) is 0 Å². The highest BCUT2D eigenvalue weighted by molar-refractivity contribution is 5.92. The maximum atomic E-state index is 5.16. The Morgan fingerprint density at radius 3 is 2.68 bits per heavy atom. The number of anilines is 2. The van der Waals surface area contributed by atoms with Crippen LogP contribution in [-0.4, -0.2) is 19.7 Å². The molecule has 0 spiro atoms. The van der Waals surface area contributed by atoms with Gasteiger partial charge in [-0.25, -0.2) is 4.98 Å². The molecule has 4 heterocycles. The van der Waals surface area contributed by atoms with Crippen molar-refractivity contribution in [1.82, 2.24) is 19.7 Å². The molecular formula is C19H19N5O. The van der Waals surface area contributed by atoms with Crippen LogP contribution in [0.5, 0.6) is 0 Å². The van der Waals surface area contributed by atoms with E-state index >= 15 is 0 Å². The van der Waals surface area contributed by atoms with Gasteiger partial charge in [0.15, 0.2) is 0 Å². The van der Waals surface area contributed by atoms with Crippen LogP contribution in [0.15, 0.2) is 47.4 Å². The molecule has 0 unspecified atom stereocenters. The van der Waals surface area contributed by atoms with Crippen LogP contribution in [-0.2, 0) is 6.54 Å². The van der Waals surface area contributed by atoms with Crippen molar-refractivity contribution in [2.45, 2.75) is 27.3 Å². The maximum absolute atomic E-state index is 5.16. The van der Waals surface area contributed by atoms with Crippen molar-refractivity contribution in [3.05, 3.63) is 65.6 Å². The summed E-state index contributed by atoms with van der Waals surface area (Å²) < 4.78 is 7.30. The molecule has 0 aliphatic carbocycles. The highest BCUT2D eigenvalue weighted by Gasteiger charge is 2.11. The Morgan fingerprint density at radius 2 is 1.92 bits per heavy atom. The Labute approximate surface area is 145 Å². The normalized spacial score (nSPS) is 11.2. The third-order valence-electron chi connectivity index (χ3n) is 4.30. The third kappa shape index (κ3) is 2.87. The molecule has 25 heavy (non-hydrogen) atoms. The molecule has 4 aromatic rings. The van der Waals surface area contributed by atoms with E-state index in [0.29, 0.717) is 6.54 Å². The highest BCUT2D eigenvalue weighted by Crippen LogP contribution is 2.28. The summed E-state index contributed by atoms with van der Waals surface area (Å²) in [7, 11) is 0. The Bertz CT molecular complexity index is 1030. The van der Waals surface area contributed by atoms with Gasteiger partial charge in [0.25, 0.3) is 0 Å². The Hall–Kier alpha value is -3.15. The SMILES string of the molecule is Cc1cc(Cn2ccc3c(Nc4c(C)ccnc4C)nccc32)no1. The van der Waals surface area contributed by atoms with E-state index in [1.165, 1.54) is 0 Å². The summed E-state index contributed by atoms with van der Waals surface area (Å²) in [4.78, 5) is 8.89. The van der Waals surface area contributed by atoms with Crippen molar-refractivity contribution >= 4 is 22.4 Å². The van der Waals surface area contributed by atoms with Crippen LogP contribution in [0.1, 0.15) is 22.7 Å². The lowest BCUT2D eigenvalue weighted by Crippen LogP contribution is -2.01. The average molecular weight is 333 g/mol.